The van der Waals surface area contributed by atoms with Gasteiger partial charge in [-0.25, -0.2) is 8.78 Å². The molecule has 0 heterocycles. The highest BCUT2D eigenvalue weighted by Gasteiger charge is 2.06. The van der Waals surface area contributed by atoms with Crippen molar-refractivity contribution in [2.75, 3.05) is 0 Å². The first-order valence-electron chi connectivity index (χ1n) is 3.67. The van der Waals surface area contributed by atoms with E-state index in [-0.39, 0.29) is 5.56 Å². The lowest BCUT2D eigenvalue weighted by molar-refractivity contribution is 0.503. The summed E-state index contributed by atoms with van der Waals surface area (Å²) in [5.41, 5.74) is 0.729. The van der Waals surface area contributed by atoms with Crippen molar-refractivity contribution in [1.82, 2.24) is 0 Å². The summed E-state index contributed by atoms with van der Waals surface area (Å²) in [5, 5.41) is 8.24. The van der Waals surface area contributed by atoms with Gasteiger partial charge in [-0.3, -0.25) is 0 Å². The zero-order valence-electron chi connectivity index (χ0n) is 7.01. The molecule has 1 aromatic carbocycles. The van der Waals surface area contributed by atoms with Gasteiger partial charge in [0.05, 0.1) is 6.07 Å². The van der Waals surface area contributed by atoms with Gasteiger partial charge in [-0.1, -0.05) is 6.07 Å². The van der Waals surface area contributed by atoms with E-state index in [9.17, 15) is 8.78 Å². The smallest absolute Gasteiger partial charge is 0.162 e. The average molecular weight is 179 g/mol. The summed E-state index contributed by atoms with van der Waals surface area (Å²) in [7, 11) is 0. The van der Waals surface area contributed by atoms with E-state index < -0.39 is 11.6 Å². The Kier molecular flexibility index (Phi) is 2.76. The second-order valence-electron chi connectivity index (χ2n) is 2.54. The Labute approximate surface area is 74.9 Å². The van der Waals surface area contributed by atoms with Crippen LogP contribution in [0.15, 0.2) is 18.2 Å². The molecule has 3 heteroatoms. The van der Waals surface area contributed by atoms with E-state index in [1.807, 2.05) is 0 Å². The van der Waals surface area contributed by atoms with Crippen molar-refractivity contribution in [2.24, 2.45) is 0 Å². The second-order valence-corrected chi connectivity index (χ2v) is 2.54. The average Bonchev–Trinajstić information content (AvgIpc) is 2.13. The van der Waals surface area contributed by atoms with Gasteiger partial charge < -0.3 is 0 Å². The molecule has 0 saturated carbocycles. The topological polar surface area (TPSA) is 23.8 Å². The van der Waals surface area contributed by atoms with E-state index in [4.69, 9.17) is 5.26 Å². The molecular weight excluding hydrogens is 172 g/mol. The molecule has 0 N–H and O–H groups in total. The van der Waals surface area contributed by atoms with Crippen LogP contribution in [0, 0.1) is 29.9 Å². The van der Waals surface area contributed by atoms with Crippen molar-refractivity contribution in [1.29, 1.82) is 5.26 Å². The summed E-state index contributed by atoms with van der Waals surface area (Å²) < 4.78 is 25.5. The second kappa shape index (κ2) is 3.81. The van der Waals surface area contributed by atoms with E-state index >= 15 is 0 Å². The Hall–Kier alpha value is -1.69. The summed E-state index contributed by atoms with van der Waals surface area (Å²) in [6.07, 6.45) is 2.66. The fourth-order valence-corrected chi connectivity index (χ4v) is 0.975. The molecule has 0 radical (unpaired) electrons. The predicted molar refractivity (Wildman–Crippen MR) is 45.7 cm³/mol. The van der Waals surface area contributed by atoms with Gasteiger partial charge in [0, 0.05) is 6.08 Å². The molecule has 0 aliphatic heterocycles. The number of rotatable bonds is 1. The number of hydrogen-bond donors (Lipinski definition) is 0. The first-order chi connectivity index (χ1) is 6.16. The maximum atomic E-state index is 12.9. The Bertz CT molecular complexity index is 389. The van der Waals surface area contributed by atoms with Gasteiger partial charge in [-0.05, 0) is 30.2 Å². The highest BCUT2D eigenvalue weighted by Crippen LogP contribution is 2.16. The lowest BCUT2D eigenvalue weighted by Gasteiger charge is -2.01. The van der Waals surface area contributed by atoms with Crippen LogP contribution in [0.3, 0.4) is 0 Å². The normalized spacial score (nSPS) is 10.3. The largest absolute Gasteiger partial charge is 0.204 e. The van der Waals surface area contributed by atoms with Crippen molar-refractivity contribution < 1.29 is 8.78 Å². The lowest BCUT2D eigenvalue weighted by atomic mass is 10.1. The fourth-order valence-electron chi connectivity index (χ4n) is 0.975. The van der Waals surface area contributed by atoms with E-state index in [1.54, 1.807) is 6.07 Å². The molecule has 1 nitrogen and oxygen atoms in total. The molecule has 0 atom stereocenters. The highest BCUT2D eigenvalue weighted by atomic mass is 19.2. The Morgan fingerprint density at radius 1 is 1.38 bits per heavy atom. The quantitative estimate of drug-likeness (QED) is 0.608. The first kappa shape index (κ1) is 9.40. The maximum absolute atomic E-state index is 12.9. The van der Waals surface area contributed by atoms with Crippen LogP contribution < -0.4 is 0 Å². The number of benzene rings is 1. The van der Waals surface area contributed by atoms with E-state index in [1.165, 1.54) is 25.1 Å². The predicted octanol–water partition coefficient (Wildman–Crippen LogP) is 2.81. The third-order valence-electron chi connectivity index (χ3n) is 1.72. The highest BCUT2D eigenvalue weighted by molar-refractivity contribution is 5.55. The molecule has 0 aliphatic carbocycles. The van der Waals surface area contributed by atoms with Gasteiger partial charge in [0.25, 0.3) is 0 Å². The lowest BCUT2D eigenvalue weighted by Crippen LogP contribution is -1.91. The molecule has 0 fully saturated rings. The number of nitrogens with zero attached hydrogens (tertiary/aromatic N) is 1. The van der Waals surface area contributed by atoms with Gasteiger partial charge in [0.2, 0.25) is 0 Å². The summed E-state index contributed by atoms with van der Waals surface area (Å²) in [6, 6.07) is 4.25. The van der Waals surface area contributed by atoms with Crippen molar-refractivity contribution in [3.8, 4) is 6.07 Å². The summed E-state index contributed by atoms with van der Waals surface area (Å²) in [4.78, 5) is 0. The fraction of sp³-hybridized carbons (Fsp3) is 0.100. The van der Waals surface area contributed by atoms with Crippen molar-refractivity contribution in [2.45, 2.75) is 6.92 Å². The molecule has 0 amide bonds. The third kappa shape index (κ3) is 1.91. The van der Waals surface area contributed by atoms with E-state index in [0.29, 0.717) is 5.56 Å². The van der Waals surface area contributed by atoms with Crippen molar-refractivity contribution >= 4 is 6.08 Å². The van der Waals surface area contributed by atoms with Gasteiger partial charge in [0.15, 0.2) is 11.6 Å². The molecule has 0 saturated heterocycles. The Balaban J connectivity index is 3.20. The van der Waals surface area contributed by atoms with Crippen LogP contribution in [0.4, 0.5) is 8.78 Å². The van der Waals surface area contributed by atoms with Crippen LogP contribution in [0.1, 0.15) is 11.1 Å². The Morgan fingerprint density at radius 2 is 2.08 bits per heavy atom. The molecule has 66 valence electrons. The molecule has 0 spiro atoms. The molecule has 0 aromatic heterocycles. The number of halogens is 2. The monoisotopic (exact) mass is 179 g/mol. The van der Waals surface area contributed by atoms with Gasteiger partial charge in [-0.2, -0.15) is 5.26 Å². The number of nitriles is 1. The molecule has 0 aliphatic rings. The summed E-state index contributed by atoms with van der Waals surface area (Å²) in [6.45, 7) is 1.47. The molecule has 0 bridgehead atoms. The SMILES string of the molecule is Cc1c(C=CC#N)ccc(F)c1F. The summed E-state index contributed by atoms with van der Waals surface area (Å²) in [5.74, 6) is -1.73. The first-order valence-corrected chi connectivity index (χ1v) is 3.67. The molecule has 1 aromatic rings. The van der Waals surface area contributed by atoms with Crippen LogP contribution in [-0.4, -0.2) is 0 Å². The number of allylic oxidation sites excluding steroid dienone is 1. The zero-order valence-corrected chi connectivity index (χ0v) is 7.01. The Morgan fingerprint density at radius 3 is 2.69 bits per heavy atom. The molecule has 13 heavy (non-hydrogen) atoms. The van der Waals surface area contributed by atoms with Crippen LogP contribution in [0.25, 0.3) is 6.08 Å². The standard InChI is InChI=1S/C10H7F2N/c1-7-8(3-2-6-13)4-5-9(11)10(7)12/h2-5H,1H3. The van der Waals surface area contributed by atoms with Crippen LogP contribution >= 0.6 is 0 Å². The van der Waals surface area contributed by atoms with Gasteiger partial charge >= 0.3 is 0 Å². The van der Waals surface area contributed by atoms with Gasteiger partial charge in [0.1, 0.15) is 0 Å². The summed E-state index contributed by atoms with van der Waals surface area (Å²) >= 11 is 0. The van der Waals surface area contributed by atoms with Crippen LogP contribution in [-0.2, 0) is 0 Å². The maximum Gasteiger partial charge on any atom is 0.162 e. The van der Waals surface area contributed by atoms with Crippen LogP contribution in [0.2, 0.25) is 0 Å². The minimum absolute atomic E-state index is 0.214. The number of hydrogen-bond acceptors (Lipinski definition) is 1. The van der Waals surface area contributed by atoms with Crippen molar-refractivity contribution in [3.63, 3.8) is 0 Å². The zero-order chi connectivity index (χ0) is 9.84. The van der Waals surface area contributed by atoms with E-state index in [0.717, 1.165) is 6.07 Å². The molecule has 1 rings (SSSR count). The molecular formula is C10H7F2N. The third-order valence-corrected chi connectivity index (χ3v) is 1.72. The van der Waals surface area contributed by atoms with E-state index in [2.05, 4.69) is 0 Å². The minimum Gasteiger partial charge on any atom is -0.204 e. The van der Waals surface area contributed by atoms with Crippen molar-refractivity contribution in [3.05, 3.63) is 41.0 Å². The van der Waals surface area contributed by atoms with Gasteiger partial charge in [-0.15, -0.1) is 0 Å². The molecule has 0 unspecified atom stereocenters. The minimum atomic E-state index is -0.869. The van der Waals surface area contributed by atoms with Crippen LogP contribution in [0.5, 0.6) is 0 Å².